The van der Waals surface area contributed by atoms with E-state index in [0.29, 0.717) is 0 Å². The third-order valence-corrected chi connectivity index (χ3v) is 5.16. The fourth-order valence-electron chi connectivity index (χ4n) is 2.43. The molecule has 2 rings (SSSR count). The molecule has 2 unspecified atom stereocenters. The Bertz CT molecular complexity index is 377. The lowest BCUT2D eigenvalue weighted by Gasteiger charge is -2.32. The number of nitrogens with two attached hydrogens (primary N) is 1. The van der Waals surface area contributed by atoms with Crippen molar-refractivity contribution in [2.24, 2.45) is 5.84 Å². The Labute approximate surface area is 106 Å². The maximum atomic E-state index is 13.1. The Morgan fingerprint density at radius 1 is 1.59 bits per heavy atom. The van der Waals surface area contributed by atoms with Crippen molar-refractivity contribution >= 4 is 11.8 Å². The first-order chi connectivity index (χ1) is 8.14. The molecule has 4 heteroatoms. The number of halogens is 1. The van der Waals surface area contributed by atoms with Gasteiger partial charge in [-0.25, -0.2) is 4.39 Å². The molecule has 1 aliphatic heterocycles. The molecular formula is C13H19FN2S. The zero-order valence-electron chi connectivity index (χ0n) is 10.1. The van der Waals surface area contributed by atoms with Crippen LogP contribution in [0.3, 0.4) is 0 Å². The highest BCUT2D eigenvalue weighted by Crippen LogP contribution is 2.41. The van der Waals surface area contributed by atoms with Gasteiger partial charge in [-0.2, -0.15) is 11.8 Å². The number of benzene rings is 1. The highest BCUT2D eigenvalue weighted by Gasteiger charge is 2.37. The Kier molecular flexibility index (Phi) is 4.07. The Morgan fingerprint density at radius 3 is 3.00 bits per heavy atom. The maximum absolute atomic E-state index is 13.1. The first-order valence-electron chi connectivity index (χ1n) is 5.98. The van der Waals surface area contributed by atoms with Crippen molar-refractivity contribution in [3.8, 4) is 0 Å². The van der Waals surface area contributed by atoms with E-state index in [9.17, 15) is 4.39 Å². The van der Waals surface area contributed by atoms with Crippen LogP contribution in [0.1, 0.15) is 25.3 Å². The van der Waals surface area contributed by atoms with Gasteiger partial charge in [0.25, 0.3) is 0 Å². The first-order valence-corrected chi connectivity index (χ1v) is 6.97. The zero-order valence-corrected chi connectivity index (χ0v) is 10.9. The molecule has 2 nitrogen and oxygen atoms in total. The summed E-state index contributed by atoms with van der Waals surface area (Å²) in [5, 5.41) is 0. The molecule has 0 aliphatic carbocycles. The summed E-state index contributed by atoms with van der Waals surface area (Å²) in [4.78, 5) is 0. The zero-order chi connectivity index (χ0) is 12.3. The topological polar surface area (TPSA) is 38.0 Å². The van der Waals surface area contributed by atoms with E-state index >= 15 is 0 Å². The normalized spacial score (nSPS) is 26.1. The lowest BCUT2D eigenvalue weighted by Crippen LogP contribution is -2.50. The van der Waals surface area contributed by atoms with Crippen LogP contribution in [0.2, 0.25) is 0 Å². The molecule has 1 fully saturated rings. The van der Waals surface area contributed by atoms with E-state index in [2.05, 4.69) is 12.3 Å². The summed E-state index contributed by atoms with van der Waals surface area (Å²) >= 11 is 1.96. The van der Waals surface area contributed by atoms with Crippen LogP contribution >= 0.6 is 11.8 Å². The van der Waals surface area contributed by atoms with E-state index in [1.807, 2.05) is 17.8 Å². The average Bonchev–Trinajstić information content (AvgIpc) is 2.74. The second kappa shape index (κ2) is 5.38. The molecule has 1 heterocycles. The molecule has 2 atom stereocenters. The van der Waals surface area contributed by atoms with Crippen LogP contribution in [0.4, 0.5) is 4.39 Å². The highest BCUT2D eigenvalue weighted by molar-refractivity contribution is 8.00. The molecule has 0 spiro atoms. The molecule has 0 saturated carbocycles. The second-order valence-corrected chi connectivity index (χ2v) is 6.45. The smallest absolute Gasteiger partial charge is 0.123 e. The fraction of sp³-hybridized carbons (Fsp3) is 0.538. The molecule has 94 valence electrons. The van der Waals surface area contributed by atoms with Gasteiger partial charge in [-0.3, -0.25) is 11.3 Å². The van der Waals surface area contributed by atoms with Crippen LogP contribution in [0.15, 0.2) is 24.3 Å². The quantitative estimate of drug-likeness (QED) is 0.640. The fourth-order valence-corrected chi connectivity index (χ4v) is 3.82. The SMILES string of the molecule is CC1(C(Cc2cccc(F)c2)NN)CCCS1. The minimum absolute atomic E-state index is 0.168. The number of nitrogens with one attached hydrogen (secondary N) is 1. The van der Waals surface area contributed by atoms with Crippen LogP contribution in [0.5, 0.6) is 0 Å². The molecule has 17 heavy (non-hydrogen) atoms. The second-order valence-electron chi connectivity index (χ2n) is 4.82. The van der Waals surface area contributed by atoms with Crippen LogP contribution in [0, 0.1) is 5.82 Å². The van der Waals surface area contributed by atoms with Gasteiger partial charge in [-0.05, 0) is 49.6 Å². The van der Waals surface area contributed by atoms with Gasteiger partial charge < -0.3 is 0 Å². The molecular weight excluding hydrogens is 235 g/mol. The van der Waals surface area contributed by atoms with Crippen LogP contribution in [-0.4, -0.2) is 16.5 Å². The van der Waals surface area contributed by atoms with E-state index in [-0.39, 0.29) is 16.6 Å². The summed E-state index contributed by atoms with van der Waals surface area (Å²) in [6.07, 6.45) is 3.18. The summed E-state index contributed by atoms with van der Waals surface area (Å²) in [5.74, 6) is 6.68. The van der Waals surface area contributed by atoms with Crippen molar-refractivity contribution < 1.29 is 4.39 Å². The Morgan fingerprint density at radius 2 is 2.41 bits per heavy atom. The third-order valence-electron chi connectivity index (χ3n) is 3.52. The summed E-state index contributed by atoms with van der Waals surface area (Å²) < 4.78 is 13.3. The minimum Gasteiger partial charge on any atom is -0.271 e. The summed E-state index contributed by atoms with van der Waals surface area (Å²) in [6.45, 7) is 2.24. The van der Waals surface area contributed by atoms with Gasteiger partial charge >= 0.3 is 0 Å². The highest BCUT2D eigenvalue weighted by atomic mass is 32.2. The molecule has 0 radical (unpaired) electrons. The summed E-state index contributed by atoms with van der Waals surface area (Å²) in [5.41, 5.74) is 3.91. The predicted molar refractivity (Wildman–Crippen MR) is 71.3 cm³/mol. The van der Waals surface area contributed by atoms with E-state index in [1.54, 1.807) is 12.1 Å². The maximum Gasteiger partial charge on any atom is 0.123 e. The summed E-state index contributed by atoms with van der Waals surface area (Å²) in [6, 6.07) is 6.96. The molecule has 1 aromatic rings. The van der Waals surface area contributed by atoms with Crippen LogP contribution in [0.25, 0.3) is 0 Å². The van der Waals surface area contributed by atoms with E-state index in [0.717, 1.165) is 12.0 Å². The van der Waals surface area contributed by atoms with Crippen LogP contribution in [-0.2, 0) is 6.42 Å². The Balaban J connectivity index is 2.09. The van der Waals surface area contributed by atoms with E-state index < -0.39 is 0 Å². The molecule has 0 amide bonds. The first kappa shape index (κ1) is 12.9. The molecule has 1 saturated heterocycles. The lowest BCUT2D eigenvalue weighted by molar-refractivity contribution is 0.405. The number of hydrazine groups is 1. The van der Waals surface area contributed by atoms with Gasteiger partial charge in [0.15, 0.2) is 0 Å². The average molecular weight is 254 g/mol. The van der Waals surface area contributed by atoms with Crippen molar-refractivity contribution in [2.45, 2.75) is 37.0 Å². The molecule has 1 aliphatic rings. The predicted octanol–water partition coefficient (Wildman–Crippen LogP) is 2.49. The van der Waals surface area contributed by atoms with Gasteiger partial charge in [0, 0.05) is 10.8 Å². The molecule has 0 aromatic heterocycles. The van der Waals surface area contributed by atoms with Crippen molar-refractivity contribution in [1.29, 1.82) is 0 Å². The monoisotopic (exact) mass is 254 g/mol. The van der Waals surface area contributed by atoms with Crippen LogP contribution < -0.4 is 11.3 Å². The number of thioether (sulfide) groups is 1. The van der Waals surface area contributed by atoms with Gasteiger partial charge in [0.1, 0.15) is 5.82 Å². The van der Waals surface area contributed by atoms with E-state index in [1.165, 1.54) is 24.7 Å². The minimum atomic E-state index is -0.178. The molecule has 3 N–H and O–H groups in total. The number of hydrogen-bond acceptors (Lipinski definition) is 3. The van der Waals surface area contributed by atoms with Gasteiger partial charge in [0.2, 0.25) is 0 Å². The third kappa shape index (κ3) is 3.00. The van der Waals surface area contributed by atoms with E-state index in [4.69, 9.17) is 5.84 Å². The molecule has 0 bridgehead atoms. The van der Waals surface area contributed by atoms with Gasteiger partial charge in [0.05, 0.1) is 0 Å². The standard InChI is InChI=1S/C13H19FN2S/c1-13(6-3-7-17-13)12(16-15)9-10-4-2-5-11(14)8-10/h2,4-5,8,12,16H,3,6-7,9,15H2,1H3. The largest absolute Gasteiger partial charge is 0.271 e. The number of hydrogen-bond donors (Lipinski definition) is 2. The lowest BCUT2D eigenvalue weighted by atomic mass is 9.91. The van der Waals surface area contributed by atoms with Gasteiger partial charge in [-0.1, -0.05) is 12.1 Å². The van der Waals surface area contributed by atoms with Crippen molar-refractivity contribution in [3.05, 3.63) is 35.6 Å². The van der Waals surface area contributed by atoms with Crippen molar-refractivity contribution in [2.75, 3.05) is 5.75 Å². The van der Waals surface area contributed by atoms with Crippen molar-refractivity contribution in [3.63, 3.8) is 0 Å². The molecule has 1 aromatic carbocycles. The van der Waals surface area contributed by atoms with Gasteiger partial charge in [-0.15, -0.1) is 0 Å². The Hall–Kier alpha value is -0.580. The summed E-state index contributed by atoms with van der Waals surface area (Å²) in [7, 11) is 0. The number of rotatable bonds is 4. The van der Waals surface area contributed by atoms with Crippen molar-refractivity contribution in [1.82, 2.24) is 5.43 Å².